The Morgan fingerprint density at radius 3 is 1.81 bits per heavy atom. The highest BCUT2D eigenvalue weighted by molar-refractivity contribution is 7.25. The highest BCUT2D eigenvalue weighted by Gasteiger charge is 2.61. The molecule has 0 amide bonds. The van der Waals surface area contributed by atoms with Crippen LogP contribution in [-0.4, -0.2) is 0 Å². The van der Waals surface area contributed by atoms with Gasteiger partial charge in [0.05, 0.1) is 0 Å². The first-order chi connectivity index (χ1) is 27.9. The molecule has 0 atom stereocenters. The number of thiophene rings is 1. The first kappa shape index (κ1) is 32.6. The lowest BCUT2D eigenvalue weighted by Crippen LogP contribution is -2.55. The number of anilines is 3. The van der Waals surface area contributed by atoms with Crippen molar-refractivity contribution in [3.05, 3.63) is 174 Å². The molecule has 0 unspecified atom stereocenters. The Hall–Kier alpha value is -5.44. The first-order valence-electron chi connectivity index (χ1n) is 21.3. The molecular formula is C55H45NS. The molecule has 0 aliphatic heterocycles. The minimum absolute atomic E-state index is 0.0770. The number of benzene rings is 7. The van der Waals surface area contributed by atoms with Crippen molar-refractivity contribution in [2.75, 3.05) is 4.90 Å². The minimum Gasteiger partial charge on any atom is -0.310 e. The molecule has 14 rings (SSSR count). The van der Waals surface area contributed by atoms with Gasteiger partial charge in [0.1, 0.15) is 0 Å². The second-order valence-electron chi connectivity index (χ2n) is 18.5. The zero-order valence-electron chi connectivity index (χ0n) is 32.6. The lowest BCUT2D eigenvalue weighted by atomic mass is 9.43. The molecular weight excluding hydrogens is 707 g/mol. The van der Waals surface area contributed by atoms with Crippen molar-refractivity contribution in [2.24, 2.45) is 23.7 Å². The smallest absolute Gasteiger partial charge is 0.0468 e. The molecule has 0 N–H and O–H groups in total. The molecule has 6 aliphatic carbocycles. The lowest BCUT2D eigenvalue weighted by molar-refractivity contribution is -0.0399. The Labute approximate surface area is 339 Å². The van der Waals surface area contributed by atoms with E-state index in [0.717, 1.165) is 23.7 Å². The number of hydrogen-bond acceptors (Lipinski definition) is 2. The maximum Gasteiger partial charge on any atom is 0.0468 e. The fraction of sp³-hybridized carbons (Fsp3) is 0.236. The van der Waals surface area contributed by atoms with Gasteiger partial charge in [-0.15, -0.1) is 11.3 Å². The van der Waals surface area contributed by atoms with E-state index < -0.39 is 0 Å². The Bertz CT molecular complexity index is 2930. The van der Waals surface area contributed by atoms with Gasteiger partial charge in [-0.3, -0.25) is 0 Å². The second-order valence-corrected chi connectivity index (χ2v) is 19.6. The van der Waals surface area contributed by atoms with Crippen molar-refractivity contribution in [2.45, 2.75) is 56.8 Å². The van der Waals surface area contributed by atoms with E-state index in [4.69, 9.17) is 0 Å². The normalized spacial score (nSPS) is 24.2. The standard InChI is InChI=1S/C55H45NS/c1-54(2)48-12-6-3-9-42(48)44-22-20-41(32-51(44)54)56(40-21-24-53-47(31-40)45-11-5-8-14-52(45)57-53)39-18-15-35(16-19-39)36-17-23-50-46(30-36)43-10-4-7-13-49(43)55(50)37-26-33-25-34(28-37)29-38(55)27-33/h3-24,30-34,37-38H,25-29H2,1-2H3. The lowest BCUT2D eigenvalue weighted by Gasteiger charge is -2.61. The number of rotatable bonds is 4. The van der Waals surface area contributed by atoms with Crippen LogP contribution in [0.3, 0.4) is 0 Å². The van der Waals surface area contributed by atoms with E-state index in [0.29, 0.717) is 0 Å². The first-order valence-corrected chi connectivity index (χ1v) is 22.1. The van der Waals surface area contributed by atoms with Crippen LogP contribution < -0.4 is 4.90 Å². The maximum atomic E-state index is 2.55. The largest absolute Gasteiger partial charge is 0.310 e. The zero-order valence-corrected chi connectivity index (χ0v) is 33.5. The SMILES string of the molecule is CC1(C)c2ccccc2-c2ccc(N(c3ccc(-c4ccc5c(c4)-c4ccccc4C54C5CC6CC(C5)CC4C6)cc3)c3ccc4sc5ccccc5c4c3)cc21. The number of nitrogens with zero attached hydrogens (tertiary/aromatic N) is 1. The molecule has 1 aromatic heterocycles. The Kier molecular flexibility index (Phi) is 6.63. The Morgan fingerprint density at radius 1 is 0.439 bits per heavy atom. The van der Waals surface area contributed by atoms with Crippen LogP contribution >= 0.6 is 11.3 Å². The van der Waals surface area contributed by atoms with Crippen LogP contribution in [0.25, 0.3) is 53.6 Å². The van der Waals surface area contributed by atoms with E-state index in [1.165, 1.54) is 114 Å². The van der Waals surface area contributed by atoms with Gasteiger partial charge in [-0.2, -0.15) is 0 Å². The fourth-order valence-corrected chi connectivity index (χ4v) is 14.4. The Morgan fingerprint density at radius 2 is 1.02 bits per heavy atom. The van der Waals surface area contributed by atoms with E-state index in [1.807, 2.05) is 11.3 Å². The summed E-state index contributed by atoms with van der Waals surface area (Å²) in [6.45, 7) is 4.76. The summed E-state index contributed by atoms with van der Waals surface area (Å²) in [5.74, 6) is 3.49. The molecule has 7 aromatic carbocycles. The molecule has 6 aliphatic rings. The summed E-state index contributed by atoms with van der Waals surface area (Å²) in [7, 11) is 0. The van der Waals surface area contributed by atoms with Crippen LogP contribution in [0.15, 0.2) is 152 Å². The van der Waals surface area contributed by atoms with Crippen LogP contribution in [0.2, 0.25) is 0 Å². The molecule has 57 heavy (non-hydrogen) atoms. The van der Waals surface area contributed by atoms with E-state index in [9.17, 15) is 0 Å². The molecule has 276 valence electrons. The van der Waals surface area contributed by atoms with E-state index in [2.05, 4.69) is 170 Å². The third-order valence-electron chi connectivity index (χ3n) is 15.5. The molecule has 4 saturated carbocycles. The molecule has 4 bridgehead atoms. The summed E-state index contributed by atoms with van der Waals surface area (Å²) in [6.07, 6.45) is 7.17. The van der Waals surface area contributed by atoms with Gasteiger partial charge in [0.2, 0.25) is 0 Å². The predicted molar refractivity (Wildman–Crippen MR) is 240 cm³/mol. The van der Waals surface area contributed by atoms with Crippen molar-refractivity contribution < 1.29 is 0 Å². The maximum absolute atomic E-state index is 2.55. The van der Waals surface area contributed by atoms with Crippen molar-refractivity contribution >= 4 is 48.6 Å². The van der Waals surface area contributed by atoms with E-state index in [-0.39, 0.29) is 10.8 Å². The quantitative estimate of drug-likeness (QED) is 0.173. The van der Waals surface area contributed by atoms with Gasteiger partial charge in [-0.05, 0) is 166 Å². The van der Waals surface area contributed by atoms with Gasteiger partial charge in [0.25, 0.3) is 0 Å². The summed E-state index contributed by atoms with van der Waals surface area (Å²) < 4.78 is 2.66. The van der Waals surface area contributed by atoms with Crippen molar-refractivity contribution in [3.8, 4) is 33.4 Å². The second kappa shape index (κ2) is 11.6. The van der Waals surface area contributed by atoms with Crippen molar-refractivity contribution in [1.82, 2.24) is 0 Å². The third kappa shape index (κ3) is 4.40. The average molecular weight is 752 g/mol. The van der Waals surface area contributed by atoms with Gasteiger partial charge in [0.15, 0.2) is 0 Å². The summed E-state index contributed by atoms with van der Waals surface area (Å²) in [4.78, 5) is 2.48. The van der Waals surface area contributed by atoms with Gasteiger partial charge in [-0.25, -0.2) is 0 Å². The highest BCUT2D eigenvalue weighted by Crippen LogP contribution is 2.69. The molecule has 1 nitrogen and oxygen atoms in total. The molecule has 0 saturated heterocycles. The Balaban J connectivity index is 0.928. The summed E-state index contributed by atoms with van der Waals surface area (Å²) in [6, 6.07) is 58.4. The summed E-state index contributed by atoms with van der Waals surface area (Å²) in [5, 5.41) is 2.65. The molecule has 8 aromatic rings. The minimum atomic E-state index is -0.0770. The molecule has 2 heteroatoms. The summed E-state index contributed by atoms with van der Waals surface area (Å²) in [5.41, 5.74) is 18.0. The molecule has 0 radical (unpaired) electrons. The van der Waals surface area contributed by atoms with Crippen LogP contribution in [-0.2, 0) is 10.8 Å². The zero-order chi connectivity index (χ0) is 37.6. The highest BCUT2D eigenvalue weighted by atomic mass is 32.1. The van der Waals surface area contributed by atoms with Gasteiger partial charge < -0.3 is 4.90 Å². The van der Waals surface area contributed by atoms with Gasteiger partial charge in [-0.1, -0.05) is 111 Å². The van der Waals surface area contributed by atoms with Gasteiger partial charge in [0, 0.05) is 48.1 Å². The van der Waals surface area contributed by atoms with E-state index >= 15 is 0 Å². The fourth-order valence-electron chi connectivity index (χ4n) is 13.3. The van der Waals surface area contributed by atoms with Crippen LogP contribution in [0.5, 0.6) is 0 Å². The van der Waals surface area contributed by atoms with Gasteiger partial charge >= 0.3 is 0 Å². The van der Waals surface area contributed by atoms with Crippen LogP contribution in [0.1, 0.15) is 68.2 Å². The van der Waals surface area contributed by atoms with Crippen LogP contribution in [0, 0.1) is 23.7 Å². The summed E-state index contributed by atoms with van der Waals surface area (Å²) >= 11 is 1.88. The van der Waals surface area contributed by atoms with E-state index in [1.54, 1.807) is 11.1 Å². The van der Waals surface area contributed by atoms with Crippen molar-refractivity contribution in [3.63, 3.8) is 0 Å². The molecule has 1 heterocycles. The monoisotopic (exact) mass is 751 g/mol. The van der Waals surface area contributed by atoms with Crippen molar-refractivity contribution in [1.29, 1.82) is 0 Å². The third-order valence-corrected chi connectivity index (χ3v) is 16.6. The van der Waals surface area contributed by atoms with Crippen LogP contribution in [0.4, 0.5) is 17.1 Å². The number of fused-ring (bicyclic) bond motifs is 9. The average Bonchev–Trinajstić information content (AvgIpc) is 3.84. The number of hydrogen-bond donors (Lipinski definition) is 0. The predicted octanol–water partition coefficient (Wildman–Crippen LogP) is 15.2. The topological polar surface area (TPSA) is 3.24 Å². The molecule has 4 fully saturated rings. The molecule has 1 spiro atoms.